The lowest BCUT2D eigenvalue weighted by atomic mass is 9.82. The van der Waals surface area contributed by atoms with Crippen molar-refractivity contribution in [2.45, 2.75) is 31.6 Å². The number of hydrogen-bond acceptors (Lipinski definition) is 4. The molecule has 1 heterocycles. The summed E-state index contributed by atoms with van der Waals surface area (Å²) < 4.78 is 26.0. The number of nitrogens with zero attached hydrogens (tertiary/aromatic N) is 2. The third kappa shape index (κ3) is 4.80. The van der Waals surface area contributed by atoms with Crippen LogP contribution in [0.5, 0.6) is 0 Å². The van der Waals surface area contributed by atoms with Crippen LogP contribution in [0.1, 0.15) is 32.3 Å². The summed E-state index contributed by atoms with van der Waals surface area (Å²) in [6.07, 6.45) is 1.33. The fourth-order valence-electron chi connectivity index (χ4n) is 3.75. The van der Waals surface area contributed by atoms with E-state index in [1.165, 1.54) is 0 Å². The molecule has 0 spiro atoms. The number of benzene rings is 2. The molecule has 1 aliphatic heterocycles. The summed E-state index contributed by atoms with van der Waals surface area (Å²) in [4.78, 5) is 13.5. The van der Waals surface area contributed by atoms with Crippen LogP contribution in [-0.2, 0) is 14.6 Å². The maximum Gasteiger partial charge on any atom is 0.219 e. The third-order valence-corrected chi connectivity index (χ3v) is 7.88. The number of rotatable bonds is 4. The summed E-state index contributed by atoms with van der Waals surface area (Å²) in [5.41, 5.74) is 1.56. The molecule has 0 saturated carbocycles. The number of carbonyl (C=O) groups excluding carboxylic acids is 1. The van der Waals surface area contributed by atoms with E-state index < -0.39 is 9.84 Å². The Hall–Kier alpha value is -2.36. The van der Waals surface area contributed by atoms with E-state index in [0.29, 0.717) is 42.1 Å². The van der Waals surface area contributed by atoms with E-state index in [9.17, 15) is 18.5 Å². The van der Waals surface area contributed by atoms with Crippen LogP contribution in [0, 0.1) is 16.7 Å². The third-order valence-electron chi connectivity index (χ3n) is 5.58. The Morgan fingerprint density at radius 1 is 1.17 bits per heavy atom. The molecule has 29 heavy (non-hydrogen) atoms. The summed E-state index contributed by atoms with van der Waals surface area (Å²) in [6.45, 7) is 4.70. The molecule has 1 fully saturated rings. The van der Waals surface area contributed by atoms with Crippen molar-refractivity contribution < 1.29 is 13.2 Å². The molecule has 0 N–H and O–H groups in total. The van der Waals surface area contributed by atoms with Crippen LogP contribution in [0.4, 0.5) is 0 Å². The normalized spacial score (nSPS) is 16.3. The minimum atomic E-state index is -3.47. The zero-order chi connectivity index (χ0) is 21.2. The van der Waals surface area contributed by atoms with Crippen LogP contribution in [0.15, 0.2) is 47.4 Å². The molecular weight excluding hydrogens is 408 g/mol. The number of halogens is 1. The van der Waals surface area contributed by atoms with E-state index in [1.54, 1.807) is 54.3 Å². The molecule has 5 nitrogen and oxygen atoms in total. The van der Waals surface area contributed by atoms with Gasteiger partial charge in [-0.25, -0.2) is 8.42 Å². The number of amides is 1. The summed E-state index contributed by atoms with van der Waals surface area (Å²) in [5, 5.41) is 9.80. The lowest BCUT2D eigenvalue weighted by molar-refractivity contribution is -0.130. The maximum atomic E-state index is 13.0. The monoisotopic (exact) mass is 430 g/mol. The van der Waals surface area contributed by atoms with Crippen LogP contribution in [0.3, 0.4) is 0 Å². The van der Waals surface area contributed by atoms with Gasteiger partial charge in [0.2, 0.25) is 5.91 Å². The quantitative estimate of drug-likeness (QED) is 0.724. The van der Waals surface area contributed by atoms with Gasteiger partial charge in [-0.15, -0.1) is 0 Å². The highest BCUT2D eigenvalue weighted by Crippen LogP contribution is 2.35. The first-order valence-electron chi connectivity index (χ1n) is 9.42. The van der Waals surface area contributed by atoms with Gasteiger partial charge in [0, 0.05) is 25.0 Å². The standard InChI is InChI=1S/C22H23ClN2O3S/c1-16(26)25-11-9-22(2,10-12-25)15-29(27,28)20-6-3-17(4-7-20)21-8-5-19(23)13-18(21)14-24/h3-8,13H,9-12,15H2,1-2H3. The van der Waals surface area contributed by atoms with Crippen molar-refractivity contribution in [3.63, 3.8) is 0 Å². The summed E-state index contributed by atoms with van der Waals surface area (Å²) >= 11 is 5.95. The largest absolute Gasteiger partial charge is 0.343 e. The van der Waals surface area contributed by atoms with Crippen LogP contribution in [0.25, 0.3) is 11.1 Å². The van der Waals surface area contributed by atoms with Crippen molar-refractivity contribution in [3.05, 3.63) is 53.1 Å². The average molecular weight is 431 g/mol. The van der Waals surface area contributed by atoms with Gasteiger partial charge in [0.15, 0.2) is 9.84 Å². The number of hydrogen-bond donors (Lipinski definition) is 0. The molecule has 7 heteroatoms. The molecule has 2 aromatic rings. The molecule has 3 rings (SSSR count). The SMILES string of the molecule is CC(=O)N1CCC(C)(CS(=O)(=O)c2ccc(-c3ccc(Cl)cc3C#N)cc2)CC1. The predicted molar refractivity (Wildman–Crippen MR) is 113 cm³/mol. The summed E-state index contributed by atoms with van der Waals surface area (Å²) in [6, 6.07) is 13.8. The number of sulfone groups is 1. The first-order valence-corrected chi connectivity index (χ1v) is 11.4. The zero-order valence-corrected chi connectivity index (χ0v) is 18.1. The van der Waals surface area contributed by atoms with Crippen LogP contribution in [0.2, 0.25) is 5.02 Å². The van der Waals surface area contributed by atoms with Crippen molar-refractivity contribution >= 4 is 27.3 Å². The van der Waals surface area contributed by atoms with E-state index in [4.69, 9.17) is 11.6 Å². The van der Waals surface area contributed by atoms with E-state index >= 15 is 0 Å². The molecule has 1 amide bonds. The minimum absolute atomic E-state index is 0.0319. The van der Waals surface area contributed by atoms with Crippen molar-refractivity contribution in [2.24, 2.45) is 5.41 Å². The molecular formula is C22H23ClN2O3S. The lowest BCUT2D eigenvalue weighted by Gasteiger charge is -2.38. The second-order valence-corrected chi connectivity index (χ2v) is 10.3. The van der Waals surface area contributed by atoms with E-state index in [1.807, 2.05) is 6.92 Å². The summed E-state index contributed by atoms with van der Waals surface area (Å²) in [7, 11) is -3.47. The van der Waals surface area contributed by atoms with Crippen molar-refractivity contribution in [3.8, 4) is 17.2 Å². The Morgan fingerprint density at radius 3 is 2.34 bits per heavy atom. The van der Waals surface area contributed by atoms with Gasteiger partial charge in [-0.1, -0.05) is 36.7 Å². The van der Waals surface area contributed by atoms with Gasteiger partial charge in [0.25, 0.3) is 0 Å². The van der Waals surface area contributed by atoms with Crippen LogP contribution >= 0.6 is 11.6 Å². The second-order valence-electron chi connectivity index (χ2n) is 7.90. The Bertz CT molecular complexity index is 1060. The fraction of sp³-hybridized carbons (Fsp3) is 0.364. The fourth-order valence-corrected chi connectivity index (χ4v) is 5.85. The minimum Gasteiger partial charge on any atom is -0.343 e. The molecule has 0 bridgehead atoms. The van der Waals surface area contributed by atoms with Gasteiger partial charge in [-0.3, -0.25) is 4.79 Å². The van der Waals surface area contributed by atoms with Gasteiger partial charge in [-0.05, 0) is 53.6 Å². The van der Waals surface area contributed by atoms with Crippen molar-refractivity contribution in [1.29, 1.82) is 5.26 Å². The maximum absolute atomic E-state index is 13.0. The topological polar surface area (TPSA) is 78.2 Å². The number of nitriles is 1. The van der Waals surface area contributed by atoms with Gasteiger partial charge >= 0.3 is 0 Å². The lowest BCUT2D eigenvalue weighted by Crippen LogP contribution is -2.43. The number of likely N-dealkylation sites (tertiary alicyclic amines) is 1. The number of piperidine rings is 1. The zero-order valence-electron chi connectivity index (χ0n) is 16.5. The second kappa shape index (κ2) is 8.17. The van der Waals surface area contributed by atoms with Gasteiger partial charge in [-0.2, -0.15) is 5.26 Å². The molecule has 1 saturated heterocycles. The smallest absolute Gasteiger partial charge is 0.219 e. The number of carbonyl (C=O) groups is 1. The molecule has 152 valence electrons. The van der Waals surface area contributed by atoms with Crippen LogP contribution < -0.4 is 0 Å². The molecule has 0 aliphatic carbocycles. The first kappa shape index (κ1) is 21.4. The molecule has 1 aliphatic rings. The Labute approximate surface area is 176 Å². The van der Waals surface area contributed by atoms with Gasteiger partial charge < -0.3 is 4.90 Å². The highest BCUT2D eigenvalue weighted by Gasteiger charge is 2.35. The summed E-state index contributed by atoms with van der Waals surface area (Å²) in [5.74, 6) is 0.0830. The van der Waals surface area contributed by atoms with E-state index in [-0.39, 0.29) is 22.0 Å². The molecule has 0 unspecified atom stereocenters. The molecule has 2 aromatic carbocycles. The van der Waals surface area contributed by atoms with Crippen molar-refractivity contribution in [2.75, 3.05) is 18.8 Å². The Kier molecular flexibility index (Phi) is 6.02. The van der Waals surface area contributed by atoms with Gasteiger partial charge in [0.1, 0.15) is 0 Å². The van der Waals surface area contributed by atoms with E-state index in [0.717, 1.165) is 5.56 Å². The predicted octanol–water partition coefficient (Wildman–Crippen LogP) is 4.30. The van der Waals surface area contributed by atoms with Gasteiger partial charge in [0.05, 0.1) is 22.3 Å². The Balaban J connectivity index is 1.79. The van der Waals surface area contributed by atoms with Crippen molar-refractivity contribution in [1.82, 2.24) is 4.90 Å². The highest BCUT2D eigenvalue weighted by atomic mass is 35.5. The Morgan fingerprint density at radius 2 is 1.79 bits per heavy atom. The first-order chi connectivity index (χ1) is 13.6. The average Bonchev–Trinajstić information content (AvgIpc) is 2.67. The van der Waals surface area contributed by atoms with E-state index in [2.05, 4.69) is 6.07 Å². The van der Waals surface area contributed by atoms with Crippen LogP contribution in [-0.4, -0.2) is 38.1 Å². The molecule has 0 aromatic heterocycles. The molecule has 0 atom stereocenters. The molecule has 0 radical (unpaired) electrons. The highest BCUT2D eigenvalue weighted by molar-refractivity contribution is 7.91.